The Morgan fingerprint density at radius 3 is 2.25 bits per heavy atom. The molecule has 2 nitrogen and oxygen atoms in total. The highest BCUT2D eigenvalue weighted by Crippen LogP contribution is 2.10. The third-order valence-corrected chi connectivity index (χ3v) is 3.10. The summed E-state index contributed by atoms with van der Waals surface area (Å²) >= 11 is 11.7. The van der Waals surface area contributed by atoms with Crippen molar-refractivity contribution in [3.05, 3.63) is 0 Å². The zero-order valence-corrected chi connectivity index (χ0v) is 10.4. The van der Waals surface area contributed by atoms with Gasteiger partial charge in [-0.25, -0.2) is 0 Å². The highest BCUT2D eigenvalue weighted by Gasteiger charge is 2.24. The fraction of sp³-hybridized carbons (Fsp3) is 0.857. The Balaban J connectivity index is 4.05. The van der Waals surface area contributed by atoms with Crippen molar-refractivity contribution in [1.29, 1.82) is 0 Å². The molecule has 0 aliphatic heterocycles. The maximum atomic E-state index is 11.3. The Kier molecular flexibility index (Phi) is 4.59. The van der Waals surface area contributed by atoms with Crippen molar-refractivity contribution in [3.8, 4) is 0 Å². The van der Waals surface area contributed by atoms with Gasteiger partial charge in [0.05, 0.1) is 0 Å². The molecule has 0 fully saturated rings. The average Bonchev–Trinajstić information content (AvgIpc) is 1.82. The zero-order valence-electron chi connectivity index (χ0n) is 7.90. The third-order valence-electron chi connectivity index (χ3n) is 1.33. The van der Waals surface area contributed by atoms with Crippen molar-refractivity contribution in [2.45, 2.75) is 25.4 Å². The normalized spacial score (nSPS) is 14.2. The van der Waals surface area contributed by atoms with Gasteiger partial charge in [-0.1, -0.05) is 13.1 Å². The molecule has 12 heavy (non-hydrogen) atoms. The lowest BCUT2D eigenvalue weighted by molar-refractivity contribution is -0.128. The van der Waals surface area contributed by atoms with E-state index in [4.69, 9.17) is 22.7 Å². The van der Waals surface area contributed by atoms with E-state index in [-0.39, 0.29) is 5.91 Å². The number of amides is 1. The molecule has 0 spiro atoms. The van der Waals surface area contributed by atoms with Gasteiger partial charge in [-0.2, -0.15) is 11.1 Å². The molecule has 0 aromatic rings. The second-order valence-corrected chi connectivity index (χ2v) is 11.0. The summed E-state index contributed by atoms with van der Waals surface area (Å²) in [4.78, 5) is 12.9. The van der Waals surface area contributed by atoms with Gasteiger partial charge >= 0.3 is 0 Å². The summed E-state index contributed by atoms with van der Waals surface area (Å²) in [6.07, 6.45) is 0.643. The van der Waals surface area contributed by atoms with Crippen LogP contribution >= 0.6 is 22.7 Å². The predicted molar refractivity (Wildman–Crippen MR) is 56.3 cm³/mol. The number of carbonyl (C=O) groups excluding carboxylic acids is 1. The van der Waals surface area contributed by atoms with Gasteiger partial charge in [0.2, 0.25) is 5.91 Å². The fourth-order valence-electron chi connectivity index (χ4n) is 0.946. The first-order valence-corrected chi connectivity index (χ1v) is 8.47. The van der Waals surface area contributed by atoms with E-state index >= 15 is 0 Å². The van der Waals surface area contributed by atoms with E-state index in [2.05, 4.69) is 0 Å². The van der Waals surface area contributed by atoms with Gasteiger partial charge < -0.3 is 4.90 Å². The van der Waals surface area contributed by atoms with Gasteiger partial charge in [-0.05, 0) is 6.92 Å². The minimum absolute atomic E-state index is 0.0575. The van der Waals surface area contributed by atoms with E-state index in [1.54, 1.807) is 18.9 Å². The van der Waals surface area contributed by atoms with Gasteiger partial charge in [0.15, 0.2) is 7.38 Å². The summed E-state index contributed by atoms with van der Waals surface area (Å²) in [5.41, 5.74) is 0. The van der Waals surface area contributed by atoms with Crippen LogP contribution in [-0.4, -0.2) is 36.8 Å². The summed E-state index contributed by atoms with van der Waals surface area (Å²) in [6.45, 7) is 5.66. The zero-order chi connectivity index (χ0) is 9.94. The minimum Gasteiger partial charge on any atom is -0.346 e. The van der Waals surface area contributed by atoms with Gasteiger partial charge in [-0.3, -0.25) is 4.79 Å². The fourth-order valence-corrected chi connectivity index (χ4v) is 2.93. The molecular weight excluding hydrogens is 213 g/mol. The molecule has 0 bridgehead atoms. The van der Waals surface area contributed by atoms with E-state index in [9.17, 15) is 4.79 Å². The lowest BCUT2D eigenvalue weighted by Crippen LogP contribution is -2.42. The summed E-state index contributed by atoms with van der Waals surface area (Å²) < 4.78 is 0. The molecule has 0 aliphatic rings. The first kappa shape index (κ1) is 12.3. The average molecular weight is 228 g/mol. The SMILES string of the molecule is CC(Cl)C(=O)N(C)C[Si](C)(C)Cl. The van der Waals surface area contributed by atoms with Crippen LogP contribution in [0.25, 0.3) is 0 Å². The molecule has 0 aromatic heterocycles. The Bertz CT molecular complexity index is 167. The molecule has 0 aromatic carbocycles. The van der Waals surface area contributed by atoms with Crippen molar-refractivity contribution in [3.63, 3.8) is 0 Å². The predicted octanol–water partition coefficient (Wildman–Crippen LogP) is 2.06. The lowest BCUT2D eigenvalue weighted by Gasteiger charge is -2.24. The highest BCUT2D eigenvalue weighted by atomic mass is 35.6. The summed E-state index contributed by atoms with van der Waals surface area (Å²) in [5, 5.41) is -0.456. The van der Waals surface area contributed by atoms with Crippen LogP contribution < -0.4 is 0 Å². The molecule has 0 saturated carbocycles. The number of hydrogen-bond acceptors (Lipinski definition) is 1. The lowest BCUT2D eigenvalue weighted by atomic mass is 10.4. The quantitative estimate of drug-likeness (QED) is 0.411. The molecule has 0 saturated heterocycles. The van der Waals surface area contributed by atoms with Crippen molar-refractivity contribution >= 4 is 36.0 Å². The largest absolute Gasteiger partial charge is 0.346 e. The molecule has 5 heteroatoms. The van der Waals surface area contributed by atoms with Gasteiger partial charge in [0.1, 0.15) is 5.38 Å². The monoisotopic (exact) mass is 227 g/mol. The van der Waals surface area contributed by atoms with Crippen LogP contribution in [0.2, 0.25) is 13.1 Å². The molecule has 0 heterocycles. The molecule has 0 rings (SSSR count). The molecule has 0 radical (unpaired) electrons. The number of nitrogens with zero attached hydrogens (tertiary/aromatic N) is 1. The maximum Gasteiger partial charge on any atom is 0.239 e. The number of alkyl halides is 1. The Morgan fingerprint density at radius 2 is 2.00 bits per heavy atom. The number of carbonyl (C=O) groups is 1. The summed E-state index contributed by atoms with van der Waals surface area (Å²) in [5.74, 6) is -0.0575. The summed E-state index contributed by atoms with van der Waals surface area (Å²) in [6, 6.07) is 0. The maximum absolute atomic E-state index is 11.3. The molecule has 1 atom stereocenters. The molecule has 1 amide bonds. The van der Waals surface area contributed by atoms with E-state index < -0.39 is 12.8 Å². The van der Waals surface area contributed by atoms with Gasteiger partial charge in [0, 0.05) is 13.2 Å². The molecular formula is C7H15Cl2NOSi. The van der Waals surface area contributed by atoms with E-state index in [1.165, 1.54) is 0 Å². The van der Waals surface area contributed by atoms with Crippen LogP contribution in [0.5, 0.6) is 0 Å². The molecule has 1 unspecified atom stereocenters. The third kappa shape index (κ3) is 5.01. The topological polar surface area (TPSA) is 20.3 Å². The Labute approximate surface area is 84.5 Å². The first-order chi connectivity index (χ1) is 5.24. The Morgan fingerprint density at radius 1 is 1.58 bits per heavy atom. The second kappa shape index (κ2) is 4.49. The minimum atomic E-state index is -1.71. The second-order valence-electron chi connectivity index (χ2n) is 3.53. The molecule has 0 N–H and O–H groups in total. The van der Waals surface area contributed by atoms with Crippen LogP contribution in [0.1, 0.15) is 6.92 Å². The van der Waals surface area contributed by atoms with Crippen LogP contribution in [0.15, 0.2) is 0 Å². The van der Waals surface area contributed by atoms with E-state index in [0.717, 1.165) is 0 Å². The van der Waals surface area contributed by atoms with E-state index in [0.29, 0.717) is 6.17 Å². The van der Waals surface area contributed by atoms with E-state index in [1.807, 2.05) is 13.1 Å². The van der Waals surface area contributed by atoms with Crippen LogP contribution in [0.4, 0.5) is 0 Å². The van der Waals surface area contributed by atoms with Crippen LogP contribution in [0, 0.1) is 0 Å². The van der Waals surface area contributed by atoms with Crippen molar-refractivity contribution < 1.29 is 4.79 Å². The van der Waals surface area contributed by atoms with Crippen molar-refractivity contribution in [1.82, 2.24) is 4.90 Å². The number of halogens is 2. The first-order valence-electron chi connectivity index (χ1n) is 3.82. The summed E-state index contributed by atoms with van der Waals surface area (Å²) in [7, 11) is 0.0242. The smallest absolute Gasteiger partial charge is 0.239 e. The van der Waals surface area contributed by atoms with Gasteiger partial charge in [0.25, 0.3) is 0 Å². The van der Waals surface area contributed by atoms with Crippen molar-refractivity contribution in [2.24, 2.45) is 0 Å². The highest BCUT2D eigenvalue weighted by molar-refractivity contribution is 7.19. The number of rotatable bonds is 3. The number of hydrogen-bond donors (Lipinski definition) is 0. The van der Waals surface area contributed by atoms with Gasteiger partial charge in [-0.15, -0.1) is 11.6 Å². The standard InChI is InChI=1S/C7H15Cl2NOSi/c1-6(8)7(11)10(2)5-12(3,4)9/h6H,5H2,1-4H3. The van der Waals surface area contributed by atoms with Crippen LogP contribution in [0.3, 0.4) is 0 Å². The molecule has 72 valence electrons. The van der Waals surface area contributed by atoms with Crippen molar-refractivity contribution in [2.75, 3.05) is 13.2 Å². The van der Waals surface area contributed by atoms with Crippen LogP contribution in [-0.2, 0) is 4.79 Å². The molecule has 0 aliphatic carbocycles. The Hall–Kier alpha value is 0.267.